The van der Waals surface area contributed by atoms with Crippen LogP contribution in [0.5, 0.6) is 5.75 Å². The van der Waals surface area contributed by atoms with Crippen molar-refractivity contribution in [2.24, 2.45) is 0 Å². The van der Waals surface area contributed by atoms with E-state index in [0.29, 0.717) is 5.69 Å². The van der Waals surface area contributed by atoms with Crippen LogP contribution in [0.3, 0.4) is 0 Å². The molecule has 0 saturated carbocycles. The Labute approximate surface area is 105 Å². The standard InChI is InChI=1S/C11H15ClN2O3/c1-4-8(5-2)17-9-6-7(3)13-11(12)10(9)14(15)16/h6,8H,4-5H2,1-3H3. The van der Waals surface area contributed by atoms with E-state index in [2.05, 4.69) is 4.98 Å². The lowest BCUT2D eigenvalue weighted by atomic mass is 10.2. The van der Waals surface area contributed by atoms with Crippen LogP contribution in [0.2, 0.25) is 5.15 Å². The lowest BCUT2D eigenvalue weighted by Crippen LogP contribution is -2.15. The minimum Gasteiger partial charge on any atom is -0.483 e. The maximum atomic E-state index is 10.9. The molecule has 0 saturated heterocycles. The van der Waals surface area contributed by atoms with Crippen LogP contribution in [0.1, 0.15) is 32.4 Å². The highest BCUT2D eigenvalue weighted by atomic mass is 35.5. The molecule has 0 aliphatic rings. The van der Waals surface area contributed by atoms with E-state index >= 15 is 0 Å². The van der Waals surface area contributed by atoms with E-state index in [1.165, 1.54) is 0 Å². The summed E-state index contributed by atoms with van der Waals surface area (Å²) < 4.78 is 5.60. The van der Waals surface area contributed by atoms with E-state index in [4.69, 9.17) is 16.3 Å². The van der Waals surface area contributed by atoms with Crippen molar-refractivity contribution >= 4 is 17.3 Å². The number of aromatic nitrogens is 1. The van der Waals surface area contributed by atoms with Crippen molar-refractivity contribution in [1.29, 1.82) is 0 Å². The molecule has 0 spiro atoms. The number of hydrogen-bond donors (Lipinski definition) is 0. The second-order valence-corrected chi connectivity index (χ2v) is 4.07. The van der Waals surface area contributed by atoms with Gasteiger partial charge in [0, 0.05) is 11.8 Å². The van der Waals surface area contributed by atoms with Gasteiger partial charge in [0.25, 0.3) is 0 Å². The van der Waals surface area contributed by atoms with Gasteiger partial charge in [-0.1, -0.05) is 25.4 Å². The molecule has 0 fully saturated rings. The van der Waals surface area contributed by atoms with Crippen molar-refractivity contribution in [3.63, 3.8) is 0 Å². The van der Waals surface area contributed by atoms with Crippen molar-refractivity contribution in [2.45, 2.75) is 39.7 Å². The number of rotatable bonds is 5. The molecule has 0 aromatic carbocycles. The van der Waals surface area contributed by atoms with Gasteiger partial charge >= 0.3 is 5.69 Å². The van der Waals surface area contributed by atoms with E-state index in [-0.39, 0.29) is 22.7 Å². The van der Waals surface area contributed by atoms with E-state index in [0.717, 1.165) is 12.8 Å². The van der Waals surface area contributed by atoms with Gasteiger partial charge in [-0.25, -0.2) is 4.98 Å². The number of nitrogens with zero attached hydrogens (tertiary/aromatic N) is 2. The van der Waals surface area contributed by atoms with Gasteiger partial charge < -0.3 is 4.74 Å². The van der Waals surface area contributed by atoms with E-state index in [1.54, 1.807) is 13.0 Å². The summed E-state index contributed by atoms with van der Waals surface area (Å²) in [5.41, 5.74) is 0.339. The second kappa shape index (κ2) is 5.82. The second-order valence-electron chi connectivity index (χ2n) is 3.71. The van der Waals surface area contributed by atoms with Gasteiger partial charge in [-0.3, -0.25) is 10.1 Å². The number of ether oxygens (including phenoxy) is 1. The van der Waals surface area contributed by atoms with Crippen LogP contribution in [0.25, 0.3) is 0 Å². The molecule has 1 heterocycles. The molecule has 0 aliphatic heterocycles. The zero-order valence-corrected chi connectivity index (χ0v) is 10.8. The van der Waals surface area contributed by atoms with Gasteiger partial charge in [-0.15, -0.1) is 0 Å². The Morgan fingerprint density at radius 3 is 2.59 bits per heavy atom. The fraction of sp³-hybridized carbons (Fsp3) is 0.545. The third kappa shape index (κ3) is 3.30. The Hall–Kier alpha value is -1.36. The highest BCUT2D eigenvalue weighted by molar-refractivity contribution is 6.31. The highest BCUT2D eigenvalue weighted by Crippen LogP contribution is 2.34. The average Bonchev–Trinajstić information content (AvgIpc) is 2.24. The number of nitro groups is 1. The maximum absolute atomic E-state index is 10.9. The van der Waals surface area contributed by atoms with Gasteiger partial charge in [-0.05, 0) is 19.8 Å². The van der Waals surface area contributed by atoms with Gasteiger partial charge in [0.15, 0.2) is 0 Å². The van der Waals surface area contributed by atoms with Gasteiger partial charge in [0.1, 0.15) is 0 Å². The van der Waals surface area contributed by atoms with Crippen molar-refractivity contribution < 1.29 is 9.66 Å². The summed E-state index contributed by atoms with van der Waals surface area (Å²) in [6, 6.07) is 1.54. The van der Waals surface area contributed by atoms with Gasteiger partial charge in [-0.2, -0.15) is 0 Å². The van der Waals surface area contributed by atoms with Crippen LogP contribution in [-0.2, 0) is 0 Å². The smallest absolute Gasteiger partial charge is 0.347 e. The zero-order valence-electron chi connectivity index (χ0n) is 10.1. The van der Waals surface area contributed by atoms with Gasteiger partial charge in [0.05, 0.1) is 11.0 Å². The number of halogens is 1. The molecule has 0 N–H and O–H groups in total. The minimum absolute atomic E-state index is 0.0495. The molecule has 17 heavy (non-hydrogen) atoms. The third-order valence-electron chi connectivity index (χ3n) is 2.43. The Kier molecular flexibility index (Phi) is 4.69. The summed E-state index contributed by atoms with van der Waals surface area (Å²) in [7, 11) is 0. The Bertz CT molecular complexity index is 419. The fourth-order valence-corrected chi connectivity index (χ4v) is 1.79. The lowest BCUT2D eigenvalue weighted by molar-refractivity contribution is -0.386. The summed E-state index contributed by atoms with van der Waals surface area (Å²) in [5, 5.41) is 10.8. The Balaban J connectivity index is 3.16. The number of hydrogen-bond acceptors (Lipinski definition) is 4. The summed E-state index contributed by atoms with van der Waals surface area (Å²) in [4.78, 5) is 14.2. The summed E-state index contributed by atoms with van der Waals surface area (Å²) >= 11 is 5.77. The molecule has 1 rings (SSSR count). The Morgan fingerprint density at radius 2 is 2.12 bits per heavy atom. The van der Waals surface area contributed by atoms with E-state index in [9.17, 15) is 10.1 Å². The largest absolute Gasteiger partial charge is 0.483 e. The van der Waals surface area contributed by atoms with Crippen LogP contribution in [-0.4, -0.2) is 16.0 Å². The molecule has 6 heteroatoms. The summed E-state index contributed by atoms with van der Waals surface area (Å²) in [6.07, 6.45) is 1.52. The molecular formula is C11H15ClN2O3. The molecule has 94 valence electrons. The fourth-order valence-electron chi connectivity index (χ4n) is 1.49. The summed E-state index contributed by atoms with van der Waals surface area (Å²) in [5.74, 6) is 0.196. The van der Waals surface area contributed by atoms with Crippen LogP contribution in [0, 0.1) is 17.0 Å². The van der Waals surface area contributed by atoms with E-state index in [1.807, 2.05) is 13.8 Å². The van der Waals surface area contributed by atoms with Crippen molar-refractivity contribution in [1.82, 2.24) is 4.98 Å². The molecule has 0 bridgehead atoms. The van der Waals surface area contributed by atoms with Crippen molar-refractivity contribution in [2.75, 3.05) is 0 Å². The first-order valence-electron chi connectivity index (χ1n) is 5.47. The molecule has 1 aromatic heterocycles. The minimum atomic E-state index is -0.563. The molecule has 5 nitrogen and oxygen atoms in total. The van der Waals surface area contributed by atoms with Crippen LogP contribution < -0.4 is 4.74 Å². The monoisotopic (exact) mass is 258 g/mol. The molecule has 0 aliphatic carbocycles. The maximum Gasteiger partial charge on any atom is 0.347 e. The average molecular weight is 259 g/mol. The lowest BCUT2D eigenvalue weighted by Gasteiger charge is -2.16. The normalized spacial score (nSPS) is 10.6. The van der Waals surface area contributed by atoms with Crippen molar-refractivity contribution in [3.05, 3.63) is 27.0 Å². The molecule has 1 aromatic rings. The van der Waals surface area contributed by atoms with E-state index < -0.39 is 4.92 Å². The SMILES string of the molecule is CCC(CC)Oc1cc(C)nc(Cl)c1[N+](=O)[O-]. The predicted molar refractivity (Wildman–Crippen MR) is 65.6 cm³/mol. The van der Waals surface area contributed by atoms with Crippen LogP contribution in [0.15, 0.2) is 6.07 Å². The zero-order chi connectivity index (χ0) is 13.0. The molecule has 0 unspecified atom stereocenters. The third-order valence-corrected chi connectivity index (χ3v) is 2.69. The van der Waals surface area contributed by atoms with Crippen LogP contribution in [0.4, 0.5) is 5.69 Å². The molecule has 0 amide bonds. The molecular weight excluding hydrogens is 244 g/mol. The van der Waals surface area contributed by atoms with Crippen LogP contribution >= 0.6 is 11.6 Å². The summed E-state index contributed by atoms with van der Waals surface area (Å²) in [6.45, 7) is 5.65. The number of pyridine rings is 1. The number of aryl methyl sites for hydroxylation is 1. The quantitative estimate of drug-likeness (QED) is 0.460. The first-order valence-corrected chi connectivity index (χ1v) is 5.85. The predicted octanol–water partition coefficient (Wildman–Crippen LogP) is 3.52. The van der Waals surface area contributed by atoms with Gasteiger partial charge in [0.2, 0.25) is 10.9 Å². The highest BCUT2D eigenvalue weighted by Gasteiger charge is 2.24. The first-order chi connectivity index (χ1) is 7.99. The molecule has 0 atom stereocenters. The topological polar surface area (TPSA) is 65.3 Å². The van der Waals surface area contributed by atoms with Crippen molar-refractivity contribution in [3.8, 4) is 5.75 Å². The molecule has 0 radical (unpaired) electrons. The first kappa shape index (κ1) is 13.7. The Morgan fingerprint density at radius 1 is 1.53 bits per heavy atom.